The van der Waals surface area contributed by atoms with Crippen LogP contribution in [0.15, 0.2) is 65.7 Å². The number of hydrogen-bond acceptors (Lipinski definition) is 5. The highest BCUT2D eigenvalue weighted by Crippen LogP contribution is 2.27. The van der Waals surface area contributed by atoms with Gasteiger partial charge in [0, 0.05) is 48.1 Å². The van der Waals surface area contributed by atoms with Crippen molar-refractivity contribution in [3.63, 3.8) is 0 Å². The summed E-state index contributed by atoms with van der Waals surface area (Å²) >= 11 is 0. The van der Waals surface area contributed by atoms with E-state index < -0.39 is 0 Å². The Bertz CT molecular complexity index is 1170. The second-order valence-electron chi connectivity index (χ2n) is 7.07. The van der Waals surface area contributed by atoms with Crippen molar-refractivity contribution in [2.75, 3.05) is 6.54 Å². The zero-order valence-electron chi connectivity index (χ0n) is 16.0. The van der Waals surface area contributed by atoms with E-state index in [9.17, 15) is 4.79 Å². The van der Waals surface area contributed by atoms with Crippen LogP contribution in [-0.4, -0.2) is 31.9 Å². The molecule has 1 amide bonds. The number of carbonyl (C=O) groups is 1. The fourth-order valence-electron chi connectivity index (χ4n) is 3.84. The number of aromatic nitrogens is 3. The molecule has 0 unspecified atom stereocenters. The summed E-state index contributed by atoms with van der Waals surface area (Å²) in [4.78, 5) is 23.3. The van der Waals surface area contributed by atoms with E-state index in [0.717, 1.165) is 28.8 Å². The van der Waals surface area contributed by atoms with Gasteiger partial charge in [-0.3, -0.25) is 9.78 Å². The number of nitrogens with zero attached hydrogens (tertiary/aromatic N) is 4. The Kier molecular flexibility index (Phi) is 4.27. The predicted molar refractivity (Wildman–Crippen MR) is 106 cm³/mol. The normalized spacial score (nSPS) is 16.0. The third-order valence-corrected chi connectivity index (χ3v) is 5.37. The molecule has 4 aromatic rings. The molecule has 0 saturated carbocycles. The smallest absolute Gasteiger partial charge is 0.276 e. The number of amides is 1. The van der Waals surface area contributed by atoms with Crippen molar-refractivity contribution in [1.29, 1.82) is 0 Å². The minimum Gasteiger partial charge on any atom is -0.483 e. The molecule has 7 nitrogen and oxygen atoms in total. The summed E-state index contributed by atoms with van der Waals surface area (Å²) in [5.41, 5.74) is 1.43. The summed E-state index contributed by atoms with van der Waals surface area (Å²) < 4.78 is 13.6. The van der Waals surface area contributed by atoms with Gasteiger partial charge in [-0.1, -0.05) is 12.1 Å². The van der Waals surface area contributed by atoms with Crippen LogP contribution < -0.4 is 4.74 Å². The van der Waals surface area contributed by atoms with Gasteiger partial charge in [0.05, 0.1) is 6.04 Å². The van der Waals surface area contributed by atoms with Crippen LogP contribution in [0.4, 0.5) is 0 Å². The number of oxazole rings is 1. The maximum absolute atomic E-state index is 13.0. The Labute approximate surface area is 167 Å². The van der Waals surface area contributed by atoms with Crippen molar-refractivity contribution in [3.8, 4) is 5.75 Å². The second kappa shape index (κ2) is 7.09. The molecule has 146 valence electrons. The Balaban J connectivity index is 1.30. The standard InChI is InChI=1S/C22H20N4O3/c1-15-19-5-3-9-25(19)10-11-26(15)22(27)18-13-29-21(24-18)14-28-20-6-2-4-16-12-23-8-7-17(16)20/h2-9,12-13,15H,10-11,14H2,1H3/t15-/m1/s1. The summed E-state index contributed by atoms with van der Waals surface area (Å²) in [5.74, 6) is 0.963. The molecule has 29 heavy (non-hydrogen) atoms. The minimum atomic E-state index is -0.129. The maximum atomic E-state index is 13.0. The minimum absolute atomic E-state index is 0.00746. The zero-order valence-corrected chi connectivity index (χ0v) is 16.0. The molecule has 0 spiro atoms. The number of hydrogen-bond donors (Lipinski definition) is 0. The summed E-state index contributed by atoms with van der Waals surface area (Å²) in [5, 5.41) is 1.97. The van der Waals surface area contributed by atoms with Gasteiger partial charge in [-0.15, -0.1) is 0 Å². The molecule has 0 N–H and O–H groups in total. The topological polar surface area (TPSA) is 73.4 Å². The lowest BCUT2D eigenvalue weighted by molar-refractivity contribution is 0.0637. The molecule has 0 aliphatic carbocycles. The first-order valence-electron chi connectivity index (χ1n) is 9.56. The Morgan fingerprint density at radius 2 is 2.17 bits per heavy atom. The van der Waals surface area contributed by atoms with E-state index in [4.69, 9.17) is 9.15 Å². The van der Waals surface area contributed by atoms with E-state index in [2.05, 4.69) is 14.5 Å². The average molecular weight is 388 g/mol. The first kappa shape index (κ1) is 17.5. The Morgan fingerprint density at radius 1 is 1.24 bits per heavy atom. The van der Waals surface area contributed by atoms with Crippen molar-refractivity contribution in [3.05, 3.63) is 78.5 Å². The fraction of sp³-hybridized carbons (Fsp3) is 0.227. The van der Waals surface area contributed by atoms with Crippen LogP contribution >= 0.6 is 0 Å². The van der Waals surface area contributed by atoms with Gasteiger partial charge in [-0.05, 0) is 31.2 Å². The molecule has 1 aromatic carbocycles. The van der Waals surface area contributed by atoms with Gasteiger partial charge in [-0.2, -0.15) is 0 Å². The highest BCUT2D eigenvalue weighted by atomic mass is 16.5. The molecule has 1 aliphatic heterocycles. The number of pyridine rings is 1. The van der Waals surface area contributed by atoms with Gasteiger partial charge in [0.1, 0.15) is 12.0 Å². The van der Waals surface area contributed by atoms with Crippen molar-refractivity contribution < 1.29 is 13.9 Å². The molecule has 1 aliphatic rings. The van der Waals surface area contributed by atoms with E-state index in [0.29, 0.717) is 18.1 Å². The van der Waals surface area contributed by atoms with Crippen molar-refractivity contribution in [2.45, 2.75) is 26.1 Å². The van der Waals surface area contributed by atoms with Crippen LogP contribution in [0.2, 0.25) is 0 Å². The lowest BCUT2D eigenvalue weighted by Gasteiger charge is -2.34. The highest BCUT2D eigenvalue weighted by Gasteiger charge is 2.29. The molecule has 1 atom stereocenters. The molecule has 0 fully saturated rings. The second-order valence-corrected chi connectivity index (χ2v) is 7.07. The van der Waals surface area contributed by atoms with Crippen molar-refractivity contribution in [2.24, 2.45) is 0 Å². The van der Waals surface area contributed by atoms with Gasteiger partial charge >= 0.3 is 0 Å². The van der Waals surface area contributed by atoms with Crippen LogP contribution in [-0.2, 0) is 13.2 Å². The van der Waals surface area contributed by atoms with Gasteiger partial charge in [0.25, 0.3) is 5.91 Å². The maximum Gasteiger partial charge on any atom is 0.276 e. The Hall–Kier alpha value is -3.61. The number of ether oxygens (including phenoxy) is 1. The first-order valence-corrected chi connectivity index (χ1v) is 9.56. The average Bonchev–Trinajstić information content (AvgIpc) is 3.42. The molecule has 0 radical (unpaired) electrons. The summed E-state index contributed by atoms with van der Waals surface area (Å²) in [6, 6.07) is 11.7. The molecular weight excluding hydrogens is 368 g/mol. The van der Waals surface area contributed by atoms with E-state index in [-0.39, 0.29) is 18.6 Å². The third kappa shape index (κ3) is 3.14. The molecule has 3 aromatic heterocycles. The number of benzene rings is 1. The molecule has 4 heterocycles. The molecule has 7 heteroatoms. The van der Waals surface area contributed by atoms with Crippen LogP contribution in [0.5, 0.6) is 5.75 Å². The number of rotatable bonds is 4. The highest BCUT2D eigenvalue weighted by molar-refractivity contribution is 5.92. The van der Waals surface area contributed by atoms with Crippen LogP contribution in [0.25, 0.3) is 10.8 Å². The lowest BCUT2D eigenvalue weighted by atomic mass is 10.1. The van der Waals surface area contributed by atoms with Crippen LogP contribution in [0.1, 0.15) is 35.0 Å². The van der Waals surface area contributed by atoms with Crippen molar-refractivity contribution in [1.82, 2.24) is 19.4 Å². The summed E-state index contributed by atoms with van der Waals surface area (Å²) in [6.45, 7) is 3.60. The van der Waals surface area contributed by atoms with Crippen molar-refractivity contribution >= 4 is 16.7 Å². The number of carbonyl (C=O) groups excluding carboxylic acids is 1. The van der Waals surface area contributed by atoms with Gasteiger partial charge in [-0.25, -0.2) is 4.98 Å². The molecule has 0 bridgehead atoms. The van der Waals surface area contributed by atoms with Gasteiger partial charge in [0.2, 0.25) is 5.89 Å². The molecule has 5 rings (SSSR count). The van der Waals surface area contributed by atoms with E-state index >= 15 is 0 Å². The monoisotopic (exact) mass is 388 g/mol. The fourth-order valence-corrected chi connectivity index (χ4v) is 3.84. The van der Waals surface area contributed by atoms with Gasteiger partial charge in [0.15, 0.2) is 12.3 Å². The van der Waals surface area contributed by atoms with E-state index in [1.807, 2.05) is 54.4 Å². The van der Waals surface area contributed by atoms with E-state index in [1.54, 1.807) is 12.4 Å². The lowest BCUT2D eigenvalue weighted by Crippen LogP contribution is -2.40. The number of fused-ring (bicyclic) bond motifs is 2. The Morgan fingerprint density at radius 3 is 3.10 bits per heavy atom. The van der Waals surface area contributed by atoms with Crippen LogP contribution in [0.3, 0.4) is 0 Å². The predicted octanol–water partition coefficient (Wildman–Crippen LogP) is 3.82. The van der Waals surface area contributed by atoms with Gasteiger partial charge < -0.3 is 18.6 Å². The third-order valence-electron chi connectivity index (χ3n) is 5.37. The summed E-state index contributed by atoms with van der Waals surface area (Å²) in [7, 11) is 0. The summed E-state index contributed by atoms with van der Waals surface area (Å²) in [6.07, 6.45) is 6.98. The van der Waals surface area contributed by atoms with E-state index in [1.165, 1.54) is 6.26 Å². The quantitative estimate of drug-likeness (QED) is 0.531. The first-order chi connectivity index (χ1) is 14.2. The molecular formula is C22H20N4O3. The molecule has 0 saturated heterocycles. The SMILES string of the molecule is C[C@@H]1c2cccn2CCN1C(=O)c1coc(COc2cccc3cnccc23)n1. The zero-order chi connectivity index (χ0) is 19.8. The largest absolute Gasteiger partial charge is 0.483 e. The van der Waals surface area contributed by atoms with Crippen LogP contribution in [0, 0.1) is 0 Å².